The molecule has 4 heteroatoms. The van der Waals surface area contributed by atoms with Crippen molar-refractivity contribution in [1.82, 2.24) is 5.32 Å². The molecule has 3 nitrogen and oxygen atoms in total. The highest BCUT2D eigenvalue weighted by Gasteiger charge is 2.16. The van der Waals surface area contributed by atoms with Gasteiger partial charge in [-0.2, -0.15) is 0 Å². The SMILES string of the molecule is O=C1CCC[C@@H](COP)N1. The molecule has 0 saturated carbocycles. The molecule has 2 atom stereocenters. The van der Waals surface area contributed by atoms with Gasteiger partial charge in [-0.25, -0.2) is 0 Å². The van der Waals surface area contributed by atoms with Gasteiger partial charge in [-0.3, -0.25) is 4.79 Å². The molecule has 1 fully saturated rings. The van der Waals surface area contributed by atoms with E-state index in [2.05, 4.69) is 14.8 Å². The first kappa shape index (κ1) is 7.96. The van der Waals surface area contributed by atoms with Gasteiger partial charge in [-0.1, -0.05) is 0 Å². The molecule has 1 amide bonds. The predicted octanol–water partition coefficient (Wildman–Crippen LogP) is 0.462. The maximum atomic E-state index is 10.8. The maximum absolute atomic E-state index is 10.8. The summed E-state index contributed by atoms with van der Waals surface area (Å²) < 4.78 is 4.83. The van der Waals surface area contributed by atoms with Crippen LogP contribution < -0.4 is 5.32 Å². The monoisotopic (exact) mass is 161 g/mol. The van der Waals surface area contributed by atoms with E-state index in [1.807, 2.05) is 0 Å². The number of carbonyl (C=O) groups excluding carboxylic acids is 1. The summed E-state index contributed by atoms with van der Waals surface area (Å²) in [4.78, 5) is 10.8. The fourth-order valence-corrected chi connectivity index (χ4v) is 1.35. The molecule has 0 radical (unpaired) electrons. The van der Waals surface area contributed by atoms with Crippen molar-refractivity contribution in [2.45, 2.75) is 25.3 Å². The van der Waals surface area contributed by atoms with Gasteiger partial charge < -0.3 is 9.84 Å². The van der Waals surface area contributed by atoms with Crippen molar-refractivity contribution in [2.24, 2.45) is 0 Å². The van der Waals surface area contributed by atoms with Gasteiger partial charge in [-0.05, 0) is 12.8 Å². The van der Waals surface area contributed by atoms with E-state index in [-0.39, 0.29) is 11.9 Å². The largest absolute Gasteiger partial charge is 0.364 e. The molecular weight excluding hydrogens is 149 g/mol. The van der Waals surface area contributed by atoms with E-state index in [4.69, 9.17) is 4.52 Å². The second-order valence-corrected chi connectivity index (χ2v) is 2.82. The second kappa shape index (κ2) is 3.89. The highest BCUT2D eigenvalue weighted by Crippen LogP contribution is 2.08. The Kier molecular flexibility index (Phi) is 3.10. The Morgan fingerprint density at radius 1 is 1.80 bits per heavy atom. The summed E-state index contributed by atoms with van der Waals surface area (Å²) in [6, 6.07) is 0.235. The van der Waals surface area contributed by atoms with Gasteiger partial charge in [0.25, 0.3) is 0 Å². The standard InChI is InChI=1S/C6H12NO2P/c8-6-3-1-2-5(7-6)4-9-10/h5H,1-4,10H2,(H,7,8)/t5-/m0/s1. The molecule has 10 heavy (non-hydrogen) atoms. The number of rotatable bonds is 2. The van der Waals surface area contributed by atoms with Gasteiger partial charge in [0.05, 0.1) is 12.6 Å². The van der Waals surface area contributed by atoms with Crippen LogP contribution in [0.1, 0.15) is 19.3 Å². The van der Waals surface area contributed by atoms with Crippen LogP contribution in [0.3, 0.4) is 0 Å². The number of nitrogens with one attached hydrogen (secondary N) is 1. The number of hydrogen-bond acceptors (Lipinski definition) is 2. The zero-order valence-corrected chi connectivity index (χ0v) is 6.95. The summed E-state index contributed by atoms with van der Waals surface area (Å²) in [6.07, 6.45) is 2.71. The minimum Gasteiger partial charge on any atom is -0.364 e. The van der Waals surface area contributed by atoms with Gasteiger partial charge in [0.2, 0.25) is 5.91 Å². The first-order valence-electron chi connectivity index (χ1n) is 3.44. The van der Waals surface area contributed by atoms with Gasteiger partial charge in [0.15, 0.2) is 0 Å². The zero-order chi connectivity index (χ0) is 7.40. The Morgan fingerprint density at radius 2 is 2.60 bits per heavy atom. The minimum absolute atomic E-state index is 0.151. The molecule has 0 aromatic heterocycles. The number of carbonyl (C=O) groups is 1. The summed E-state index contributed by atoms with van der Waals surface area (Å²) in [5, 5.41) is 2.84. The predicted molar refractivity (Wildman–Crippen MR) is 41.4 cm³/mol. The molecular formula is C6H12NO2P. The highest BCUT2D eigenvalue weighted by atomic mass is 31.0. The van der Waals surface area contributed by atoms with Crippen LogP contribution >= 0.6 is 9.47 Å². The molecule has 0 spiro atoms. The fourth-order valence-electron chi connectivity index (χ4n) is 1.12. The van der Waals surface area contributed by atoms with Crippen molar-refractivity contribution < 1.29 is 9.32 Å². The van der Waals surface area contributed by atoms with Crippen LogP contribution in [0.2, 0.25) is 0 Å². The van der Waals surface area contributed by atoms with E-state index in [0.29, 0.717) is 13.0 Å². The van der Waals surface area contributed by atoms with Crippen molar-refractivity contribution in [3.8, 4) is 0 Å². The number of piperidine rings is 1. The van der Waals surface area contributed by atoms with Crippen LogP contribution in [0.25, 0.3) is 0 Å². The molecule has 1 saturated heterocycles. The third-order valence-corrected chi connectivity index (χ3v) is 1.81. The highest BCUT2D eigenvalue weighted by molar-refractivity contribution is 7.09. The first-order valence-corrected chi connectivity index (χ1v) is 3.91. The van der Waals surface area contributed by atoms with Gasteiger partial charge >= 0.3 is 0 Å². The fraction of sp³-hybridized carbons (Fsp3) is 0.833. The number of hydrogen-bond donors (Lipinski definition) is 1. The second-order valence-electron chi connectivity index (χ2n) is 2.49. The average Bonchev–Trinajstić information content (AvgIpc) is 1.88. The molecule has 0 aromatic rings. The molecule has 0 aliphatic carbocycles. The zero-order valence-electron chi connectivity index (χ0n) is 5.80. The molecule has 1 unspecified atom stereocenters. The summed E-state index contributed by atoms with van der Waals surface area (Å²) in [6.45, 7) is 0.608. The lowest BCUT2D eigenvalue weighted by molar-refractivity contribution is -0.123. The molecule has 1 aliphatic heterocycles. The lowest BCUT2D eigenvalue weighted by atomic mass is 10.1. The van der Waals surface area contributed by atoms with E-state index < -0.39 is 0 Å². The Bertz CT molecular complexity index is 127. The lowest BCUT2D eigenvalue weighted by Gasteiger charge is -2.21. The number of amides is 1. The summed E-state index contributed by atoms with van der Waals surface area (Å²) in [5.41, 5.74) is 0. The normalized spacial score (nSPS) is 26.1. The molecule has 0 aromatic carbocycles. The van der Waals surface area contributed by atoms with Crippen molar-refractivity contribution in [1.29, 1.82) is 0 Å². The van der Waals surface area contributed by atoms with E-state index in [1.165, 1.54) is 0 Å². The van der Waals surface area contributed by atoms with Gasteiger partial charge in [-0.15, -0.1) is 0 Å². The Hall–Kier alpha value is -0.140. The van der Waals surface area contributed by atoms with Crippen molar-refractivity contribution in [2.75, 3.05) is 6.61 Å². The van der Waals surface area contributed by atoms with Crippen molar-refractivity contribution >= 4 is 15.4 Å². The topological polar surface area (TPSA) is 38.3 Å². The smallest absolute Gasteiger partial charge is 0.220 e. The third-order valence-electron chi connectivity index (χ3n) is 1.62. The molecule has 1 N–H and O–H groups in total. The average molecular weight is 161 g/mol. The van der Waals surface area contributed by atoms with E-state index in [0.717, 1.165) is 12.8 Å². The quantitative estimate of drug-likeness (QED) is 0.597. The van der Waals surface area contributed by atoms with Crippen molar-refractivity contribution in [3.63, 3.8) is 0 Å². The molecule has 1 heterocycles. The summed E-state index contributed by atoms with van der Waals surface area (Å²) >= 11 is 0. The van der Waals surface area contributed by atoms with Crippen molar-refractivity contribution in [3.05, 3.63) is 0 Å². The minimum atomic E-state index is 0.151. The van der Waals surface area contributed by atoms with Crippen LogP contribution in [0.5, 0.6) is 0 Å². The molecule has 1 aliphatic rings. The molecule has 58 valence electrons. The Balaban J connectivity index is 2.25. The summed E-state index contributed by atoms with van der Waals surface area (Å²) in [7, 11) is 2.19. The lowest BCUT2D eigenvalue weighted by Crippen LogP contribution is -2.40. The van der Waals surface area contributed by atoms with E-state index >= 15 is 0 Å². The van der Waals surface area contributed by atoms with E-state index in [9.17, 15) is 4.79 Å². The third kappa shape index (κ3) is 2.24. The van der Waals surface area contributed by atoms with Gasteiger partial charge in [0.1, 0.15) is 0 Å². The van der Waals surface area contributed by atoms with Crippen LogP contribution in [0.4, 0.5) is 0 Å². The Labute approximate surface area is 62.8 Å². The van der Waals surface area contributed by atoms with E-state index in [1.54, 1.807) is 0 Å². The molecule has 1 rings (SSSR count). The molecule has 0 bridgehead atoms. The first-order chi connectivity index (χ1) is 4.83. The van der Waals surface area contributed by atoms with Crippen LogP contribution in [0, 0.1) is 0 Å². The Morgan fingerprint density at radius 3 is 3.20 bits per heavy atom. The van der Waals surface area contributed by atoms with Gasteiger partial charge in [0, 0.05) is 15.9 Å². The summed E-state index contributed by atoms with van der Waals surface area (Å²) in [5.74, 6) is 0.151. The maximum Gasteiger partial charge on any atom is 0.220 e. The van der Waals surface area contributed by atoms with Crippen LogP contribution in [-0.2, 0) is 9.32 Å². The van der Waals surface area contributed by atoms with Crippen LogP contribution in [0.15, 0.2) is 0 Å². The van der Waals surface area contributed by atoms with Crippen LogP contribution in [-0.4, -0.2) is 18.6 Å².